The third kappa shape index (κ3) is 2.11. The number of furan rings is 1. The average Bonchev–Trinajstić information content (AvgIpc) is 3.27. The summed E-state index contributed by atoms with van der Waals surface area (Å²) in [6.45, 7) is 2.19. The van der Waals surface area contributed by atoms with E-state index in [9.17, 15) is 0 Å². The summed E-state index contributed by atoms with van der Waals surface area (Å²) < 4.78 is 8.96. The maximum absolute atomic E-state index is 6.24. The van der Waals surface area contributed by atoms with E-state index in [-0.39, 0.29) is 0 Å². The molecule has 0 spiro atoms. The molecule has 0 atom stereocenters. The van der Waals surface area contributed by atoms with E-state index in [2.05, 4.69) is 73.7 Å². The molecule has 6 aromatic rings. The SMILES string of the molecule is Cc1cccc2c1sc1ccc(-c3cccc4c3oc3ccccc34)cc12. The minimum absolute atomic E-state index is 0.942. The maximum Gasteiger partial charge on any atom is 0.143 e. The smallest absolute Gasteiger partial charge is 0.143 e. The van der Waals surface area contributed by atoms with Gasteiger partial charge in [0.15, 0.2) is 0 Å². The second-order valence-corrected chi connectivity index (χ2v) is 8.10. The van der Waals surface area contributed by atoms with Crippen LogP contribution >= 0.6 is 11.3 Å². The third-order valence-electron chi connectivity index (χ3n) is 5.41. The number of hydrogen-bond donors (Lipinski definition) is 0. The normalized spacial score (nSPS) is 11.9. The standard InChI is InChI=1S/C25H16OS/c1-15-6-4-10-20-21-14-16(12-13-23(21)27-25(15)20)17-8-5-9-19-18-7-2-3-11-22(18)26-24(17)19/h2-14H,1H3. The van der Waals surface area contributed by atoms with Gasteiger partial charge in [-0.05, 0) is 36.2 Å². The van der Waals surface area contributed by atoms with Gasteiger partial charge in [-0.15, -0.1) is 11.3 Å². The molecule has 0 aliphatic heterocycles. The number of benzene rings is 4. The predicted molar refractivity (Wildman–Crippen MR) is 117 cm³/mol. The van der Waals surface area contributed by atoms with Crippen LogP contribution in [0.15, 0.2) is 83.3 Å². The van der Waals surface area contributed by atoms with Crippen LogP contribution in [0.3, 0.4) is 0 Å². The molecule has 1 nitrogen and oxygen atoms in total. The highest BCUT2D eigenvalue weighted by Crippen LogP contribution is 2.40. The Bertz CT molecular complexity index is 1480. The van der Waals surface area contributed by atoms with Crippen LogP contribution in [0.2, 0.25) is 0 Å². The summed E-state index contributed by atoms with van der Waals surface area (Å²) in [4.78, 5) is 0. The van der Waals surface area contributed by atoms with Crippen molar-refractivity contribution in [1.82, 2.24) is 0 Å². The van der Waals surface area contributed by atoms with Gasteiger partial charge in [0, 0.05) is 36.5 Å². The summed E-state index contributed by atoms with van der Waals surface area (Å²) in [5.74, 6) is 0. The van der Waals surface area contributed by atoms with E-state index in [1.807, 2.05) is 23.5 Å². The van der Waals surface area contributed by atoms with Gasteiger partial charge in [0.2, 0.25) is 0 Å². The first kappa shape index (κ1) is 15.0. The summed E-state index contributed by atoms with van der Waals surface area (Å²) in [7, 11) is 0. The molecule has 0 bridgehead atoms. The van der Waals surface area contributed by atoms with Crippen molar-refractivity contribution in [3.8, 4) is 11.1 Å². The fourth-order valence-corrected chi connectivity index (χ4v) is 5.23. The highest BCUT2D eigenvalue weighted by atomic mass is 32.1. The van der Waals surface area contributed by atoms with Gasteiger partial charge in [-0.3, -0.25) is 0 Å². The molecule has 0 N–H and O–H groups in total. The summed E-state index contributed by atoms with van der Waals surface area (Å²) >= 11 is 1.88. The Hall–Kier alpha value is -3.10. The van der Waals surface area contributed by atoms with E-state index < -0.39 is 0 Å². The van der Waals surface area contributed by atoms with Crippen molar-refractivity contribution in [2.24, 2.45) is 0 Å². The zero-order chi connectivity index (χ0) is 18.0. The molecule has 2 heteroatoms. The molecule has 4 aromatic carbocycles. The van der Waals surface area contributed by atoms with E-state index in [1.54, 1.807) is 0 Å². The molecule has 2 aromatic heterocycles. The zero-order valence-electron chi connectivity index (χ0n) is 14.8. The van der Waals surface area contributed by atoms with Gasteiger partial charge in [0.1, 0.15) is 11.2 Å². The Labute approximate surface area is 160 Å². The summed E-state index contributed by atoms with van der Waals surface area (Å²) in [5.41, 5.74) is 5.60. The average molecular weight is 364 g/mol. The lowest BCUT2D eigenvalue weighted by Crippen LogP contribution is -1.79. The maximum atomic E-state index is 6.24. The quantitative estimate of drug-likeness (QED) is 0.289. The minimum Gasteiger partial charge on any atom is -0.455 e. The van der Waals surface area contributed by atoms with E-state index in [0.29, 0.717) is 0 Å². The van der Waals surface area contributed by atoms with Crippen molar-refractivity contribution in [3.05, 3.63) is 84.4 Å². The van der Waals surface area contributed by atoms with Crippen LogP contribution in [0.1, 0.15) is 5.56 Å². The van der Waals surface area contributed by atoms with Crippen molar-refractivity contribution >= 4 is 53.4 Å². The highest BCUT2D eigenvalue weighted by molar-refractivity contribution is 7.26. The van der Waals surface area contributed by atoms with Gasteiger partial charge in [-0.25, -0.2) is 0 Å². The van der Waals surface area contributed by atoms with Gasteiger partial charge >= 0.3 is 0 Å². The van der Waals surface area contributed by atoms with Crippen molar-refractivity contribution in [2.45, 2.75) is 6.92 Å². The lowest BCUT2D eigenvalue weighted by Gasteiger charge is -2.03. The van der Waals surface area contributed by atoms with E-state index in [0.717, 1.165) is 16.7 Å². The van der Waals surface area contributed by atoms with E-state index >= 15 is 0 Å². The molecule has 0 saturated heterocycles. The lowest BCUT2D eigenvalue weighted by atomic mass is 10.00. The van der Waals surface area contributed by atoms with Crippen LogP contribution in [-0.4, -0.2) is 0 Å². The van der Waals surface area contributed by atoms with Gasteiger partial charge in [-0.2, -0.15) is 0 Å². The topological polar surface area (TPSA) is 13.1 Å². The van der Waals surface area contributed by atoms with Gasteiger partial charge in [-0.1, -0.05) is 60.7 Å². The zero-order valence-corrected chi connectivity index (χ0v) is 15.6. The summed E-state index contributed by atoms with van der Waals surface area (Å²) in [6, 6.07) is 28.0. The molecule has 2 heterocycles. The first-order valence-corrected chi connectivity index (χ1v) is 9.94. The van der Waals surface area contributed by atoms with Crippen LogP contribution in [0.25, 0.3) is 53.2 Å². The molecule has 0 unspecified atom stereocenters. The van der Waals surface area contributed by atoms with E-state index in [4.69, 9.17) is 4.42 Å². The van der Waals surface area contributed by atoms with Crippen molar-refractivity contribution in [1.29, 1.82) is 0 Å². The largest absolute Gasteiger partial charge is 0.455 e. The van der Waals surface area contributed by atoms with Crippen LogP contribution in [0, 0.1) is 6.92 Å². The fraction of sp³-hybridized carbons (Fsp3) is 0.0400. The van der Waals surface area contributed by atoms with E-state index in [1.165, 1.54) is 42.1 Å². The molecule has 128 valence electrons. The minimum atomic E-state index is 0.942. The highest BCUT2D eigenvalue weighted by Gasteiger charge is 2.13. The number of fused-ring (bicyclic) bond motifs is 6. The first-order valence-electron chi connectivity index (χ1n) is 9.12. The molecule has 0 fully saturated rings. The molecule has 0 aliphatic rings. The molecular formula is C25H16OS. The third-order valence-corrected chi connectivity index (χ3v) is 6.73. The van der Waals surface area contributed by atoms with Crippen molar-refractivity contribution in [3.63, 3.8) is 0 Å². The number of hydrogen-bond acceptors (Lipinski definition) is 2. The number of rotatable bonds is 1. The lowest BCUT2D eigenvalue weighted by molar-refractivity contribution is 0.670. The molecule has 0 aliphatic carbocycles. The molecule has 0 radical (unpaired) electrons. The molecule has 6 rings (SSSR count). The van der Waals surface area contributed by atoms with Gasteiger partial charge in [0.05, 0.1) is 0 Å². The summed E-state index contributed by atoms with van der Waals surface area (Å²) in [6.07, 6.45) is 0. The molecular weight excluding hydrogens is 348 g/mol. The second kappa shape index (κ2) is 5.45. The van der Waals surface area contributed by atoms with Gasteiger partial charge in [0.25, 0.3) is 0 Å². The Morgan fingerprint density at radius 1 is 0.704 bits per heavy atom. The Kier molecular flexibility index (Phi) is 3.03. The Morgan fingerprint density at radius 3 is 2.48 bits per heavy atom. The van der Waals surface area contributed by atoms with Crippen LogP contribution in [-0.2, 0) is 0 Å². The van der Waals surface area contributed by atoms with Crippen LogP contribution < -0.4 is 0 Å². The molecule has 27 heavy (non-hydrogen) atoms. The molecule has 0 saturated carbocycles. The number of thiophene rings is 1. The monoisotopic (exact) mass is 364 g/mol. The van der Waals surface area contributed by atoms with Crippen molar-refractivity contribution < 1.29 is 4.42 Å². The van der Waals surface area contributed by atoms with Crippen molar-refractivity contribution in [2.75, 3.05) is 0 Å². The predicted octanol–water partition coefficient (Wildman–Crippen LogP) is 7.93. The van der Waals surface area contributed by atoms with Crippen LogP contribution in [0.4, 0.5) is 0 Å². The van der Waals surface area contributed by atoms with Gasteiger partial charge < -0.3 is 4.42 Å². The number of para-hydroxylation sites is 2. The Morgan fingerprint density at radius 2 is 1.52 bits per heavy atom. The first-order chi connectivity index (χ1) is 13.3. The van der Waals surface area contributed by atoms with Crippen LogP contribution in [0.5, 0.6) is 0 Å². The molecule has 0 amide bonds. The fourth-order valence-electron chi connectivity index (χ4n) is 4.08. The second-order valence-electron chi connectivity index (χ2n) is 7.05. The number of aryl methyl sites for hydroxylation is 1. The Balaban J connectivity index is 1.68. The summed E-state index contributed by atoms with van der Waals surface area (Å²) in [5, 5.41) is 5.01.